The molecule has 0 amide bonds. The molecular weight excluding hydrogens is 246 g/mol. The first-order valence-corrected chi connectivity index (χ1v) is 6.11. The number of halogens is 2. The number of aryl methyl sites for hydroxylation is 2. The van der Waals surface area contributed by atoms with Crippen molar-refractivity contribution in [2.45, 2.75) is 19.8 Å². The Morgan fingerprint density at radius 2 is 1.68 bits per heavy atom. The van der Waals surface area contributed by atoms with Crippen molar-refractivity contribution >= 4 is 5.78 Å². The standard InChI is InChI=1S/C16H14F2O/c1-11-7-8-13(16(18)15(11)17)9-10-14(19)12-5-3-2-4-6-12/h2-8H,9-10H2,1H3. The van der Waals surface area contributed by atoms with E-state index in [0.717, 1.165) is 0 Å². The Balaban J connectivity index is 2.08. The molecule has 98 valence electrons. The van der Waals surface area contributed by atoms with Crippen LogP contribution in [0.5, 0.6) is 0 Å². The Kier molecular flexibility index (Phi) is 4.05. The number of rotatable bonds is 4. The SMILES string of the molecule is Cc1ccc(CCC(=O)c2ccccc2)c(F)c1F. The first-order chi connectivity index (χ1) is 9.09. The van der Waals surface area contributed by atoms with Crippen LogP contribution in [0, 0.1) is 18.6 Å². The van der Waals surface area contributed by atoms with Gasteiger partial charge in [-0.3, -0.25) is 4.79 Å². The van der Waals surface area contributed by atoms with Gasteiger partial charge in [-0.1, -0.05) is 42.5 Å². The van der Waals surface area contributed by atoms with Crippen LogP contribution in [-0.2, 0) is 6.42 Å². The van der Waals surface area contributed by atoms with Gasteiger partial charge in [0.1, 0.15) is 0 Å². The van der Waals surface area contributed by atoms with Crippen molar-refractivity contribution in [2.24, 2.45) is 0 Å². The fourth-order valence-corrected chi connectivity index (χ4v) is 1.90. The molecule has 2 rings (SSSR count). The summed E-state index contributed by atoms with van der Waals surface area (Å²) < 4.78 is 27.0. The maximum absolute atomic E-state index is 13.6. The van der Waals surface area contributed by atoms with Crippen LogP contribution < -0.4 is 0 Å². The molecule has 0 bridgehead atoms. The average molecular weight is 260 g/mol. The van der Waals surface area contributed by atoms with Gasteiger partial charge in [-0.25, -0.2) is 8.78 Å². The van der Waals surface area contributed by atoms with E-state index in [1.807, 2.05) is 6.07 Å². The minimum Gasteiger partial charge on any atom is -0.294 e. The van der Waals surface area contributed by atoms with Gasteiger partial charge in [-0.2, -0.15) is 0 Å². The Labute approximate surface area is 110 Å². The molecule has 0 spiro atoms. The van der Waals surface area contributed by atoms with Crippen LogP contribution in [0.4, 0.5) is 8.78 Å². The van der Waals surface area contributed by atoms with Crippen molar-refractivity contribution in [2.75, 3.05) is 0 Å². The normalized spacial score (nSPS) is 10.5. The molecule has 0 aliphatic rings. The number of Topliss-reactive ketones (excluding diaryl/α,β-unsaturated/α-hetero) is 1. The summed E-state index contributed by atoms with van der Waals surface area (Å²) >= 11 is 0. The first kappa shape index (κ1) is 13.4. The van der Waals surface area contributed by atoms with Gasteiger partial charge in [0.2, 0.25) is 0 Å². The minimum atomic E-state index is -0.846. The predicted molar refractivity (Wildman–Crippen MR) is 70.2 cm³/mol. The summed E-state index contributed by atoms with van der Waals surface area (Å²) in [4.78, 5) is 11.9. The van der Waals surface area contributed by atoms with Crippen LogP contribution in [0.2, 0.25) is 0 Å². The summed E-state index contributed by atoms with van der Waals surface area (Å²) in [5.41, 5.74) is 1.11. The van der Waals surface area contributed by atoms with Crippen LogP contribution in [0.25, 0.3) is 0 Å². The third-order valence-corrected chi connectivity index (χ3v) is 3.07. The molecule has 0 aliphatic heterocycles. The lowest BCUT2D eigenvalue weighted by molar-refractivity contribution is 0.0982. The summed E-state index contributed by atoms with van der Waals surface area (Å²) in [6.45, 7) is 1.51. The minimum absolute atomic E-state index is 0.0685. The van der Waals surface area contributed by atoms with Crippen molar-refractivity contribution < 1.29 is 13.6 Å². The van der Waals surface area contributed by atoms with Gasteiger partial charge in [-0.05, 0) is 24.5 Å². The second-order valence-corrected chi connectivity index (χ2v) is 4.46. The quantitative estimate of drug-likeness (QED) is 0.757. The van der Waals surface area contributed by atoms with E-state index in [1.54, 1.807) is 24.3 Å². The highest BCUT2D eigenvalue weighted by Crippen LogP contribution is 2.17. The number of benzene rings is 2. The molecule has 0 unspecified atom stereocenters. The molecule has 2 aromatic rings. The zero-order valence-electron chi connectivity index (χ0n) is 10.6. The molecule has 0 fully saturated rings. The number of hydrogen-bond acceptors (Lipinski definition) is 1. The van der Waals surface area contributed by atoms with Crippen molar-refractivity contribution in [3.63, 3.8) is 0 Å². The molecule has 0 radical (unpaired) electrons. The smallest absolute Gasteiger partial charge is 0.163 e. The fourth-order valence-electron chi connectivity index (χ4n) is 1.90. The molecule has 0 saturated heterocycles. The van der Waals surface area contributed by atoms with Crippen LogP contribution in [0.1, 0.15) is 27.9 Å². The largest absolute Gasteiger partial charge is 0.294 e. The third-order valence-electron chi connectivity index (χ3n) is 3.07. The maximum atomic E-state index is 13.6. The van der Waals surface area contributed by atoms with E-state index in [2.05, 4.69) is 0 Å². The van der Waals surface area contributed by atoms with Gasteiger partial charge in [0.25, 0.3) is 0 Å². The molecular formula is C16H14F2O. The van der Waals surface area contributed by atoms with Gasteiger partial charge in [0.05, 0.1) is 0 Å². The Hall–Kier alpha value is -2.03. The lowest BCUT2D eigenvalue weighted by Gasteiger charge is -2.06. The van der Waals surface area contributed by atoms with Gasteiger partial charge >= 0.3 is 0 Å². The summed E-state index contributed by atoms with van der Waals surface area (Å²) in [5.74, 6) is -1.74. The number of carbonyl (C=O) groups is 1. The molecule has 0 aromatic heterocycles. The zero-order valence-corrected chi connectivity index (χ0v) is 10.6. The van der Waals surface area contributed by atoms with E-state index >= 15 is 0 Å². The lowest BCUT2D eigenvalue weighted by atomic mass is 10.0. The Bertz CT molecular complexity index is 591. The summed E-state index contributed by atoms with van der Waals surface area (Å²) in [7, 11) is 0. The average Bonchev–Trinajstić information content (AvgIpc) is 2.45. The van der Waals surface area contributed by atoms with Crippen molar-refractivity contribution in [3.8, 4) is 0 Å². The van der Waals surface area contributed by atoms with Crippen molar-refractivity contribution in [1.29, 1.82) is 0 Å². The van der Waals surface area contributed by atoms with Gasteiger partial charge in [0.15, 0.2) is 17.4 Å². The monoisotopic (exact) mass is 260 g/mol. The molecule has 0 heterocycles. The molecule has 0 atom stereocenters. The highest BCUT2D eigenvalue weighted by Gasteiger charge is 2.12. The van der Waals surface area contributed by atoms with E-state index in [1.165, 1.54) is 19.1 Å². The van der Waals surface area contributed by atoms with E-state index in [9.17, 15) is 13.6 Å². The van der Waals surface area contributed by atoms with E-state index in [0.29, 0.717) is 5.56 Å². The topological polar surface area (TPSA) is 17.1 Å². The molecule has 0 aliphatic carbocycles. The van der Waals surface area contributed by atoms with Crippen LogP contribution in [0.15, 0.2) is 42.5 Å². The molecule has 1 nitrogen and oxygen atoms in total. The first-order valence-electron chi connectivity index (χ1n) is 6.11. The second-order valence-electron chi connectivity index (χ2n) is 4.46. The third kappa shape index (κ3) is 3.05. The second kappa shape index (κ2) is 5.74. The van der Waals surface area contributed by atoms with Crippen LogP contribution in [-0.4, -0.2) is 5.78 Å². The molecule has 2 aromatic carbocycles. The Morgan fingerprint density at radius 1 is 1.00 bits per heavy atom. The molecule has 19 heavy (non-hydrogen) atoms. The van der Waals surface area contributed by atoms with Gasteiger partial charge < -0.3 is 0 Å². The van der Waals surface area contributed by atoms with Crippen molar-refractivity contribution in [1.82, 2.24) is 0 Å². The molecule has 3 heteroatoms. The van der Waals surface area contributed by atoms with E-state index in [-0.39, 0.29) is 29.8 Å². The predicted octanol–water partition coefficient (Wildman–Crippen LogP) is 4.09. The zero-order chi connectivity index (χ0) is 13.8. The van der Waals surface area contributed by atoms with E-state index in [4.69, 9.17) is 0 Å². The number of hydrogen-bond donors (Lipinski definition) is 0. The van der Waals surface area contributed by atoms with Crippen LogP contribution >= 0.6 is 0 Å². The van der Waals surface area contributed by atoms with E-state index < -0.39 is 11.6 Å². The van der Waals surface area contributed by atoms with Crippen molar-refractivity contribution in [3.05, 3.63) is 70.8 Å². The summed E-state index contributed by atoms with van der Waals surface area (Å²) in [5, 5.41) is 0. The Morgan fingerprint density at radius 3 is 2.37 bits per heavy atom. The summed E-state index contributed by atoms with van der Waals surface area (Å²) in [6.07, 6.45) is 0.375. The summed E-state index contributed by atoms with van der Waals surface area (Å²) in [6, 6.07) is 11.9. The fraction of sp³-hybridized carbons (Fsp3) is 0.188. The lowest BCUT2D eigenvalue weighted by Crippen LogP contribution is -2.03. The maximum Gasteiger partial charge on any atom is 0.163 e. The highest BCUT2D eigenvalue weighted by atomic mass is 19.2. The van der Waals surface area contributed by atoms with Crippen LogP contribution in [0.3, 0.4) is 0 Å². The van der Waals surface area contributed by atoms with Gasteiger partial charge in [0, 0.05) is 12.0 Å². The highest BCUT2D eigenvalue weighted by molar-refractivity contribution is 5.96. The molecule has 0 saturated carbocycles. The van der Waals surface area contributed by atoms with Gasteiger partial charge in [-0.15, -0.1) is 0 Å². The number of carbonyl (C=O) groups excluding carboxylic acids is 1. The molecule has 0 N–H and O–H groups in total. The number of ketones is 1.